The van der Waals surface area contributed by atoms with E-state index in [9.17, 15) is 9.59 Å². The van der Waals surface area contributed by atoms with Gasteiger partial charge in [0.25, 0.3) is 0 Å². The van der Waals surface area contributed by atoms with E-state index in [2.05, 4.69) is 0 Å². The number of Topliss-reactive ketones (excluding diaryl/α,β-unsaturated/α-hetero) is 1. The molecule has 0 saturated heterocycles. The Hall–Kier alpha value is -2.62. The zero-order valence-corrected chi connectivity index (χ0v) is 13.3. The van der Waals surface area contributed by atoms with Crippen molar-refractivity contribution in [3.05, 3.63) is 65.7 Å². The number of carbonyl (C=O) groups excluding carboxylic acids is 2. The highest BCUT2D eigenvalue weighted by molar-refractivity contribution is 5.95. The first-order chi connectivity index (χ1) is 11.1. The Bertz CT molecular complexity index is 647. The first-order valence-corrected chi connectivity index (χ1v) is 7.60. The summed E-state index contributed by atoms with van der Waals surface area (Å²) in [7, 11) is 0. The molecule has 0 saturated carbocycles. The Morgan fingerprint density at radius 1 is 1.00 bits per heavy atom. The molecule has 0 aromatic heterocycles. The van der Waals surface area contributed by atoms with Crippen LogP contribution >= 0.6 is 0 Å². The average Bonchev–Trinajstić information content (AvgIpc) is 2.60. The number of hydrogen-bond donors (Lipinski definition) is 0. The molecular formula is C19H20O4. The minimum atomic E-state index is -0.435. The molecule has 0 fully saturated rings. The standard InChI is InChI=1S/C19H20O4/c1-3-18(20)16-9-11-17(12-10-16)22-13-19(21)23-14(2)15-7-5-4-6-8-15/h4-12,14H,3,13H2,1-2H3. The highest BCUT2D eigenvalue weighted by Gasteiger charge is 2.12. The lowest BCUT2D eigenvalue weighted by Crippen LogP contribution is -2.17. The molecule has 4 nitrogen and oxygen atoms in total. The van der Waals surface area contributed by atoms with Crippen LogP contribution < -0.4 is 4.74 Å². The maximum Gasteiger partial charge on any atom is 0.344 e. The molecule has 0 aliphatic heterocycles. The van der Waals surface area contributed by atoms with Crippen LogP contribution in [0.1, 0.15) is 42.3 Å². The van der Waals surface area contributed by atoms with Gasteiger partial charge in [-0.3, -0.25) is 4.79 Å². The Morgan fingerprint density at radius 2 is 1.65 bits per heavy atom. The summed E-state index contributed by atoms with van der Waals surface area (Å²) in [6.45, 7) is 3.47. The summed E-state index contributed by atoms with van der Waals surface area (Å²) in [4.78, 5) is 23.4. The number of esters is 1. The summed E-state index contributed by atoms with van der Waals surface area (Å²) < 4.78 is 10.7. The van der Waals surface area contributed by atoms with Crippen LogP contribution in [0.15, 0.2) is 54.6 Å². The van der Waals surface area contributed by atoms with E-state index >= 15 is 0 Å². The molecule has 0 amide bonds. The largest absolute Gasteiger partial charge is 0.482 e. The molecule has 2 aromatic rings. The molecule has 1 unspecified atom stereocenters. The second kappa shape index (κ2) is 8.13. The van der Waals surface area contributed by atoms with Crippen LogP contribution in [-0.4, -0.2) is 18.4 Å². The van der Waals surface area contributed by atoms with Crippen molar-refractivity contribution in [2.45, 2.75) is 26.4 Å². The predicted octanol–water partition coefficient (Wildman–Crippen LogP) is 3.96. The van der Waals surface area contributed by atoms with Crippen molar-refractivity contribution in [2.24, 2.45) is 0 Å². The van der Waals surface area contributed by atoms with Crippen LogP contribution in [0.5, 0.6) is 5.75 Å². The Kier molecular flexibility index (Phi) is 5.92. The molecule has 1 atom stereocenters. The molecule has 4 heteroatoms. The average molecular weight is 312 g/mol. The van der Waals surface area contributed by atoms with E-state index < -0.39 is 5.97 Å². The molecular weight excluding hydrogens is 292 g/mol. The second-order valence-corrected chi connectivity index (χ2v) is 5.13. The minimum Gasteiger partial charge on any atom is -0.482 e. The molecule has 0 N–H and O–H groups in total. The van der Waals surface area contributed by atoms with Gasteiger partial charge in [0.1, 0.15) is 11.9 Å². The molecule has 0 bridgehead atoms. The van der Waals surface area contributed by atoms with Gasteiger partial charge in [0, 0.05) is 12.0 Å². The SMILES string of the molecule is CCC(=O)c1ccc(OCC(=O)OC(C)c2ccccc2)cc1. The van der Waals surface area contributed by atoms with E-state index in [1.165, 1.54) is 0 Å². The monoisotopic (exact) mass is 312 g/mol. The fourth-order valence-electron chi connectivity index (χ4n) is 2.11. The first kappa shape index (κ1) is 16.7. The van der Waals surface area contributed by atoms with Crippen molar-refractivity contribution in [3.63, 3.8) is 0 Å². The van der Waals surface area contributed by atoms with Gasteiger partial charge in [-0.25, -0.2) is 4.79 Å². The van der Waals surface area contributed by atoms with Crippen LogP contribution in [-0.2, 0) is 9.53 Å². The summed E-state index contributed by atoms with van der Waals surface area (Å²) in [5.74, 6) is 0.171. The second-order valence-electron chi connectivity index (χ2n) is 5.13. The van der Waals surface area contributed by atoms with E-state index in [1.54, 1.807) is 24.3 Å². The van der Waals surface area contributed by atoms with Crippen molar-refractivity contribution >= 4 is 11.8 Å². The van der Waals surface area contributed by atoms with Crippen molar-refractivity contribution in [1.29, 1.82) is 0 Å². The smallest absolute Gasteiger partial charge is 0.344 e. The highest BCUT2D eigenvalue weighted by Crippen LogP contribution is 2.17. The van der Waals surface area contributed by atoms with Gasteiger partial charge in [-0.1, -0.05) is 37.3 Å². The third-order valence-corrected chi connectivity index (χ3v) is 3.43. The number of hydrogen-bond acceptors (Lipinski definition) is 4. The van der Waals surface area contributed by atoms with Crippen LogP contribution in [0.3, 0.4) is 0 Å². The van der Waals surface area contributed by atoms with E-state index in [0.29, 0.717) is 17.7 Å². The predicted molar refractivity (Wildman–Crippen MR) is 87.5 cm³/mol. The maximum absolute atomic E-state index is 11.8. The third kappa shape index (κ3) is 4.95. The Labute approximate surface area is 136 Å². The van der Waals surface area contributed by atoms with Gasteiger partial charge in [0.05, 0.1) is 0 Å². The van der Waals surface area contributed by atoms with E-state index in [4.69, 9.17) is 9.47 Å². The minimum absolute atomic E-state index is 0.0765. The van der Waals surface area contributed by atoms with Crippen molar-refractivity contribution in [2.75, 3.05) is 6.61 Å². The van der Waals surface area contributed by atoms with Gasteiger partial charge in [-0.05, 0) is 36.8 Å². The summed E-state index contributed by atoms with van der Waals surface area (Å²) >= 11 is 0. The Morgan fingerprint density at radius 3 is 2.26 bits per heavy atom. The molecule has 120 valence electrons. The fraction of sp³-hybridized carbons (Fsp3) is 0.263. The van der Waals surface area contributed by atoms with Crippen LogP contribution in [0, 0.1) is 0 Å². The zero-order chi connectivity index (χ0) is 16.7. The van der Waals surface area contributed by atoms with Crippen LogP contribution in [0.25, 0.3) is 0 Å². The van der Waals surface area contributed by atoms with Crippen LogP contribution in [0.2, 0.25) is 0 Å². The van der Waals surface area contributed by atoms with E-state index in [1.807, 2.05) is 44.2 Å². The quantitative estimate of drug-likeness (QED) is 0.573. The summed E-state index contributed by atoms with van der Waals surface area (Å²) in [5.41, 5.74) is 1.57. The normalized spacial score (nSPS) is 11.6. The number of rotatable bonds is 7. The van der Waals surface area contributed by atoms with Crippen molar-refractivity contribution in [1.82, 2.24) is 0 Å². The molecule has 2 aromatic carbocycles. The molecule has 0 aliphatic carbocycles. The summed E-state index contributed by atoms with van der Waals surface area (Å²) in [6.07, 6.45) is 0.140. The molecule has 2 rings (SSSR count). The summed E-state index contributed by atoms with van der Waals surface area (Å²) in [6, 6.07) is 16.3. The molecule has 0 heterocycles. The number of benzene rings is 2. The van der Waals surface area contributed by atoms with Gasteiger partial charge in [0.15, 0.2) is 12.4 Å². The lowest BCUT2D eigenvalue weighted by atomic mass is 10.1. The molecule has 0 radical (unpaired) electrons. The van der Waals surface area contributed by atoms with Crippen molar-refractivity contribution in [3.8, 4) is 5.75 Å². The van der Waals surface area contributed by atoms with Gasteiger partial charge >= 0.3 is 5.97 Å². The number of ether oxygens (including phenoxy) is 2. The highest BCUT2D eigenvalue weighted by atomic mass is 16.6. The maximum atomic E-state index is 11.8. The van der Waals surface area contributed by atoms with Gasteiger partial charge in [0.2, 0.25) is 0 Å². The number of ketones is 1. The molecule has 23 heavy (non-hydrogen) atoms. The van der Waals surface area contributed by atoms with Gasteiger partial charge in [-0.15, -0.1) is 0 Å². The lowest BCUT2D eigenvalue weighted by molar-refractivity contribution is -0.151. The Balaban J connectivity index is 1.83. The number of carbonyl (C=O) groups is 2. The lowest BCUT2D eigenvalue weighted by Gasteiger charge is -2.14. The first-order valence-electron chi connectivity index (χ1n) is 7.60. The van der Waals surface area contributed by atoms with Gasteiger partial charge < -0.3 is 9.47 Å². The topological polar surface area (TPSA) is 52.6 Å². The van der Waals surface area contributed by atoms with E-state index in [0.717, 1.165) is 5.56 Å². The van der Waals surface area contributed by atoms with Crippen LogP contribution in [0.4, 0.5) is 0 Å². The van der Waals surface area contributed by atoms with Gasteiger partial charge in [-0.2, -0.15) is 0 Å². The molecule has 0 aliphatic rings. The van der Waals surface area contributed by atoms with Crippen molar-refractivity contribution < 1.29 is 19.1 Å². The van der Waals surface area contributed by atoms with E-state index in [-0.39, 0.29) is 18.5 Å². The fourth-order valence-corrected chi connectivity index (χ4v) is 2.11. The zero-order valence-electron chi connectivity index (χ0n) is 13.3. The molecule has 0 spiro atoms. The third-order valence-electron chi connectivity index (χ3n) is 3.43. The summed E-state index contributed by atoms with van der Waals surface area (Å²) in [5, 5.41) is 0.